The van der Waals surface area contributed by atoms with Gasteiger partial charge in [0.15, 0.2) is 6.10 Å². The fourth-order valence-corrected chi connectivity index (χ4v) is 11.0. The molecule has 0 aromatic carbocycles. The number of carbonyl (C=O) groups is 3. The van der Waals surface area contributed by atoms with E-state index in [-0.39, 0.29) is 31.1 Å². The van der Waals surface area contributed by atoms with E-state index in [4.69, 9.17) is 14.2 Å². The lowest BCUT2D eigenvalue weighted by Crippen LogP contribution is -2.30. The Hall–Kier alpha value is -1.85. The second-order valence-electron chi connectivity index (χ2n) is 24.2. The highest BCUT2D eigenvalue weighted by Crippen LogP contribution is 2.19. The molecule has 0 amide bonds. The van der Waals surface area contributed by atoms with Crippen LogP contribution >= 0.6 is 0 Å². The lowest BCUT2D eigenvalue weighted by Gasteiger charge is -2.18. The summed E-state index contributed by atoms with van der Waals surface area (Å²) >= 11 is 0. The first-order chi connectivity index (χ1) is 38.0. The van der Waals surface area contributed by atoms with Crippen molar-refractivity contribution in [2.24, 2.45) is 0 Å². The SMILES string of the molecule is CCCCC/C=C\CCCCCCCC(=O)OCC(COC(=O)CCCCCCCCCCCCCCCCCCCCCCCCCCCC)OC(=O)CCCCCCCCCCCCCCCCCCCCCCC. The molecule has 456 valence electrons. The number of carbonyl (C=O) groups excluding carboxylic acids is 3. The van der Waals surface area contributed by atoms with Gasteiger partial charge in [0.2, 0.25) is 0 Å². The number of hydrogen-bond donors (Lipinski definition) is 0. The Morgan fingerprint density at radius 2 is 0.429 bits per heavy atom. The number of rotatable bonds is 66. The molecule has 0 saturated carbocycles. The topological polar surface area (TPSA) is 78.9 Å². The van der Waals surface area contributed by atoms with Crippen molar-refractivity contribution in [2.45, 2.75) is 412 Å². The van der Waals surface area contributed by atoms with Crippen molar-refractivity contribution in [3.8, 4) is 0 Å². The Morgan fingerprint density at radius 1 is 0.247 bits per heavy atom. The molecule has 0 fully saturated rings. The molecule has 0 aromatic rings. The fraction of sp³-hybridized carbons (Fsp3) is 0.930. The molecule has 0 saturated heterocycles. The Bertz CT molecular complexity index is 1200. The van der Waals surface area contributed by atoms with E-state index in [2.05, 4.69) is 32.9 Å². The lowest BCUT2D eigenvalue weighted by atomic mass is 10.0. The van der Waals surface area contributed by atoms with Gasteiger partial charge in [-0.05, 0) is 44.9 Å². The van der Waals surface area contributed by atoms with Gasteiger partial charge in [-0.3, -0.25) is 14.4 Å². The highest BCUT2D eigenvalue weighted by Gasteiger charge is 2.19. The van der Waals surface area contributed by atoms with Crippen molar-refractivity contribution < 1.29 is 28.6 Å². The van der Waals surface area contributed by atoms with Crippen LogP contribution in [0.1, 0.15) is 406 Å². The highest BCUT2D eigenvalue weighted by atomic mass is 16.6. The summed E-state index contributed by atoms with van der Waals surface area (Å²) in [6.45, 7) is 6.70. The predicted octanol–water partition coefficient (Wildman–Crippen LogP) is 24.0. The smallest absolute Gasteiger partial charge is 0.306 e. The Labute approximate surface area is 481 Å². The average molecular weight is 1090 g/mol. The summed E-state index contributed by atoms with van der Waals surface area (Å²) < 4.78 is 17.0. The molecular formula is C71H136O6. The predicted molar refractivity (Wildman–Crippen MR) is 335 cm³/mol. The van der Waals surface area contributed by atoms with Crippen LogP contribution in [0.3, 0.4) is 0 Å². The van der Waals surface area contributed by atoms with Crippen LogP contribution in [0.4, 0.5) is 0 Å². The van der Waals surface area contributed by atoms with Crippen molar-refractivity contribution in [2.75, 3.05) is 13.2 Å². The van der Waals surface area contributed by atoms with Gasteiger partial charge in [0.25, 0.3) is 0 Å². The summed E-state index contributed by atoms with van der Waals surface area (Å²) in [6, 6.07) is 0. The monoisotopic (exact) mass is 1090 g/mol. The fourth-order valence-electron chi connectivity index (χ4n) is 11.0. The van der Waals surface area contributed by atoms with Crippen LogP contribution in [-0.4, -0.2) is 37.2 Å². The third-order valence-corrected chi connectivity index (χ3v) is 16.3. The first-order valence-electron chi connectivity index (χ1n) is 35.2. The van der Waals surface area contributed by atoms with E-state index in [1.165, 1.54) is 302 Å². The summed E-state index contributed by atoms with van der Waals surface area (Å²) in [5.74, 6) is -0.841. The van der Waals surface area contributed by atoms with Gasteiger partial charge < -0.3 is 14.2 Å². The molecule has 0 radical (unpaired) electrons. The maximum absolute atomic E-state index is 12.9. The molecule has 6 heteroatoms. The second-order valence-corrected chi connectivity index (χ2v) is 24.2. The first kappa shape index (κ1) is 75.2. The zero-order valence-electron chi connectivity index (χ0n) is 52.5. The van der Waals surface area contributed by atoms with Crippen LogP contribution in [0.15, 0.2) is 12.2 Å². The van der Waals surface area contributed by atoms with Crippen molar-refractivity contribution in [1.29, 1.82) is 0 Å². The molecule has 0 aliphatic carbocycles. The van der Waals surface area contributed by atoms with Crippen LogP contribution in [0.5, 0.6) is 0 Å². The van der Waals surface area contributed by atoms with Gasteiger partial charge in [0, 0.05) is 19.3 Å². The van der Waals surface area contributed by atoms with E-state index in [0.717, 1.165) is 64.2 Å². The summed E-state index contributed by atoms with van der Waals surface area (Å²) in [6.07, 6.45) is 79.6. The van der Waals surface area contributed by atoms with Crippen molar-refractivity contribution in [3.63, 3.8) is 0 Å². The number of ether oxygens (including phenoxy) is 3. The van der Waals surface area contributed by atoms with E-state index in [0.29, 0.717) is 19.3 Å². The summed E-state index contributed by atoms with van der Waals surface area (Å²) in [7, 11) is 0. The van der Waals surface area contributed by atoms with Crippen LogP contribution in [-0.2, 0) is 28.6 Å². The van der Waals surface area contributed by atoms with E-state index in [9.17, 15) is 14.4 Å². The largest absolute Gasteiger partial charge is 0.462 e. The molecule has 1 atom stereocenters. The molecular weight excluding hydrogens is 949 g/mol. The Balaban J connectivity index is 4.17. The zero-order valence-corrected chi connectivity index (χ0v) is 52.5. The van der Waals surface area contributed by atoms with E-state index < -0.39 is 6.10 Å². The van der Waals surface area contributed by atoms with Crippen molar-refractivity contribution in [1.82, 2.24) is 0 Å². The second kappa shape index (κ2) is 66.7. The molecule has 6 nitrogen and oxygen atoms in total. The molecule has 0 rings (SSSR count). The summed E-state index contributed by atoms with van der Waals surface area (Å²) in [5.41, 5.74) is 0. The third kappa shape index (κ3) is 64.9. The lowest BCUT2D eigenvalue weighted by molar-refractivity contribution is -0.167. The highest BCUT2D eigenvalue weighted by molar-refractivity contribution is 5.71. The van der Waals surface area contributed by atoms with Gasteiger partial charge in [-0.15, -0.1) is 0 Å². The molecule has 0 aliphatic rings. The summed E-state index contributed by atoms with van der Waals surface area (Å²) in [5, 5.41) is 0. The minimum absolute atomic E-state index is 0.0658. The van der Waals surface area contributed by atoms with Crippen LogP contribution in [0.25, 0.3) is 0 Å². The molecule has 0 aliphatic heterocycles. The molecule has 0 N–H and O–H groups in total. The Morgan fingerprint density at radius 3 is 0.675 bits per heavy atom. The van der Waals surface area contributed by atoms with Crippen LogP contribution in [0.2, 0.25) is 0 Å². The summed E-state index contributed by atoms with van der Waals surface area (Å²) in [4.78, 5) is 38.4. The van der Waals surface area contributed by atoms with Gasteiger partial charge in [0.1, 0.15) is 13.2 Å². The molecule has 0 spiro atoms. The van der Waals surface area contributed by atoms with Gasteiger partial charge in [-0.25, -0.2) is 0 Å². The van der Waals surface area contributed by atoms with Gasteiger partial charge in [-0.2, -0.15) is 0 Å². The normalized spacial score (nSPS) is 12.0. The minimum Gasteiger partial charge on any atom is -0.462 e. The molecule has 0 bridgehead atoms. The van der Waals surface area contributed by atoms with Gasteiger partial charge in [0.05, 0.1) is 0 Å². The molecule has 0 heterocycles. The number of allylic oxidation sites excluding steroid dienone is 2. The quantitative estimate of drug-likeness (QED) is 0.0261. The van der Waals surface area contributed by atoms with Crippen molar-refractivity contribution >= 4 is 17.9 Å². The van der Waals surface area contributed by atoms with Gasteiger partial charge >= 0.3 is 17.9 Å². The number of hydrogen-bond acceptors (Lipinski definition) is 6. The maximum atomic E-state index is 12.9. The van der Waals surface area contributed by atoms with E-state index in [1.807, 2.05) is 0 Å². The molecule has 0 aromatic heterocycles. The van der Waals surface area contributed by atoms with Crippen LogP contribution < -0.4 is 0 Å². The first-order valence-corrected chi connectivity index (χ1v) is 35.2. The Kier molecular flexibility index (Phi) is 65.1. The zero-order chi connectivity index (χ0) is 55.7. The van der Waals surface area contributed by atoms with E-state index >= 15 is 0 Å². The minimum atomic E-state index is -0.769. The van der Waals surface area contributed by atoms with Crippen molar-refractivity contribution in [3.05, 3.63) is 12.2 Å². The average Bonchev–Trinajstić information content (AvgIpc) is 3.43. The number of esters is 3. The van der Waals surface area contributed by atoms with Gasteiger partial charge in [-0.1, -0.05) is 354 Å². The standard InChI is InChI=1S/C71H136O6/c1-4-7-10-13-16-19-22-25-27-29-31-33-34-35-36-37-39-40-42-44-46-49-52-55-58-61-64-70(73)76-67-68(66-75-69(72)63-60-57-54-51-48-24-21-18-15-12-9-6-3)77-71(74)65-62-59-56-53-50-47-45-43-41-38-32-30-28-26-23-20-17-14-11-8-5-2/h18,21,68H,4-17,19-20,22-67H2,1-3H3/b21-18-. The van der Waals surface area contributed by atoms with E-state index in [1.54, 1.807) is 0 Å². The molecule has 77 heavy (non-hydrogen) atoms. The van der Waals surface area contributed by atoms with Crippen LogP contribution in [0, 0.1) is 0 Å². The maximum Gasteiger partial charge on any atom is 0.306 e. The molecule has 1 unspecified atom stereocenters. The number of unbranched alkanes of at least 4 members (excludes halogenated alkanes) is 53. The third-order valence-electron chi connectivity index (χ3n) is 16.3.